The molecule has 0 radical (unpaired) electrons. The number of rotatable bonds is 5. The summed E-state index contributed by atoms with van der Waals surface area (Å²) in [6, 6.07) is 0. The third-order valence-corrected chi connectivity index (χ3v) is 2.76. The van der Waals surface area contributed by atoms with Gasteiger partial charge in [0.1, 0.15) is 5.82 Å². The lowest BCUT2D eigenvalue weighted by Crippen LogP contribution is -2.14. The molecule has 0 unspecified atom stereocenters. The van der Waals surface area contributed by atoms with Crippen LogP contribution in [0, 0.1) is 0 Å². The predicted octanol–water partition coefficient (Wildman–Crippen LogP) is 0.438. The number of carbonyl (C=O) groups is 1. The first kappa shape index (κ1) is 11.0. The van der Waals surface area contributed by atoms with Crippen LogP contribution in [0.5, 0.6) is 0 Å². The summed E-state index contributed by atoms with van der Waals surface area (Å²) in [7, 11) is 0. The molecule has 1 aromatic heterocycles. The summed E-state index contributed by atoms with van der Waals surface area (Å²) in [6.45, 7) is 4.87. The molecule has 0 atom stereocenters. The van der Waals surface area contributed by atoms with Crippen LogP contribution in [0.2, 0.25) is 0 Å². The first-order chi connectivity index (χ1) is 6.69. The Kier molecular flexibility index (Phi) is 3.94. The van der Waals surface area contributed by atoms with Gasteiger partial charge in [-0.15, -0.1) is 10.2 Å². The fraction of sp³-hybridized carbons (Fsp3) is 0.625. The van der Waals surface area contributed by atoms with Crippen LogP contribution in [-0.4, -0.2) is 26.4 Å². The Balaban J connectivity index is 2.75. The van der Waals surface area contributed by atoms with Crippen molar-refractivity contribution >= 4 is 17.7 Å². The van der Waals surface area contributed by atoms with Gasteiger partial charge in [-0.05, 0) is 6.92 Å². The molecule has 0 saturated carbocycles. The number of nitrogens with two attached hydrogens (primary N) is 1. The molecule has 1 aromatic rings. The van der Waals surface area contributed by atoms with E-state index in [1.54, 1.807) is 0 Å². The number of hydrogen-bond donors (Lipinski definition) is 1. The van der Waals surface area contributed by atoms with Crippen molar-refractivity contribution in [2.24, 2.45) is 5.73 Å². The molecule has 0 aromatic carbocycles. The van der Waals surface area contributed by atoms with Crippen molar-refractivity contribution in [3.63, 3.8) is 0 Å². The molecular formula is C8H14N4OS. The molecule has 6 heteroatoms. The Morgan fingerprint density at radius 1 is 1.50 bits per heavy atom. The highest BCUT2D eigenvalue weighted by molar-refractivity contribution is 7.99. The molecule has 0 aliphatic heterocycles. The van der Waals surface area contributed by atoms with Crippen molar-refractivity contribution in [3.05, 3.63) is 5.82 Å². The maximum absolute atomic E-state index is 10.6. The molecule has 1 amide bonds. The monoisotopic (exact) mass is 214 g/mol. The minimum atomic E-state index is -0.335. The fourth-order valence-electron chi connectivity index (χ4n) is 1.14. The largest absolute Gasteiger partial charge is 0.369 e. The topological polar surface area (TPSA) is 73.8 Å². The zero-order valence-electron chi connectivity index (χ0n) is 8.36. The highest BCUT2D eigenvalue weighted by atomic mass is 32.2. The van der Waals surface area contributed by atoms with Gasteiger partial charge in [0.25, 0.3) is 0 Å². The number of carbonyl (C=O) groups excluding carboxylic acids is 1. The number of thioether (sulfide) groups is 1. The summed E-state index contributed by atoms with van der Waals surface area (Å²) in [5.74, 6) is 0.861. The molecule has 0 aliphatic rings. The van der Waals surface area contributed by atoms with Gasteiger partial charge in [0.05, 0.1) is 5.75 Å². The summed E-state index contributed by atoms with van der Waals surface area (Å²) in [4.78, 5) is 10.6. The number of amides is 1. The van der Waals surface area contributed by atoms with E-state index in [4.69, 9.17) is 5.73 Å². The van der Waals surface area contributed by atoms with Crippen LogP contribution in [0.25, 0.3) is 0 Å². The van der Waals surface area contributed by atoms with Gasteiger partial charge in [-0.3, -0.25) is 4.79 Å². The Bertz CT molecular complexity index is 323. The predicted molar refractivity (Wildman–Crippen MR) is 55.0 cm³/mol. The molecule has 5 nitrogen and oxygen atoms in total. The van der Waals surface area contributed by atoms with Crippen LogP contribution in [0.1, 0.15) is 19.7 Å². The molecule has 0 bridgehead atoms. The standard InChI is InChI=1S/C8H14N4OS/c1-3-7-10-11-8(12(7)4-2)14-5-6(9)13/h3-5H2,1-2H3,(H2,9,13). The zero-order valence-corrected chi connectivity index (χ0v) is 9.17. The molecule has 1 heterocycles. The fourth-order valence-corrected chi connectivity index (χ4v) is 1.90. The lowest BCUT2D eigenvalue weighted by atomic mass is 10.4. The van der Waals surface area contributed by atoms with Crippen molar-refractivity contribution in [2.45, 2.75) is 32.0 Å². The average molecular weight is 214 g/mol. The molecule has 0 saturated heterocycles. The Morgan fingerprint density at radius 2 is 2.21 bits per heavy atom. The van der Waals surface area contributed by atoms with E-state index in [0.29, 0.717) is 0 Å². The summed E-state index contributed by atoms with van der Waals surface area (Å²) >= 11 is 1.33. The van der Waals surface area contributed by atoms with E-state index < -0.39 is 0 Å². The van der Waals surface area contributed by atoms with Crippen LogP contribution in [0.4, 0.5) is 0 Å². The molecular weight excluding hydrogens is 200 g/mol. The van der Waals surface area contributed by atoms with E-state index in [2.05, 4.69) is 10.2 Å². The SMILES string of the molecule is CCc1nnc(SCC(N)=O)n1CC. The van der Waals surface area contributed by atoms with Crippen LogP contribution >= 0.6 is 11.8 Å². The minimum Gasteiger partial charge on any atom is -0.369 e. The summed E-state index contributed by atoms with van der Waals surface area (Å²) < 4.78 is 1.99. The third-order valence-electron chi connectivity index (χ3n) is 1.77. The number of aryl methyl sites for hydroxylation is 1. The van der Waals surface area contributed by atoms with Gasteiger partial charge in [0.2, 0.25) is 5.91 Å². The highest BCUT2D eigenvalue weighted by Gasteiger charge is 2.10. The lowest BCUT2D eigenvalue weighted by molar-refractivity contribution is -0.115. The van der Waals surface area contributed by atoms with Crippen molar-refractivity contribution in [3.8, 4) is 0 Å². The Hall–Kier alpha value is -1.04. The van der Waals surface area contributed by atoms with Gasteiger partial charge < -0.3 is 10.3 Å². The van der Waals surface area contributed by atoms with E-state index in [9.17, 15) is 4.79 Å². The molecule has 2 N–H and O–H groups in total. The van der Waals surface area contributed by atoms with Crippen LogP contribution in [0.15, 0.2) is 5.16 Å². The zero-order chi connectivity index (χ0) is 10.6. The van der Waals surface area contributed by atoms with E-state index in [1.165, 1.54) is 11.8 Å². The first-order valence-corrected chi connectivity index (χ1v) is 5.50. The van der Waals surface area contributed by atoms with E-state index in [-0.39, 0.29) is 11.7 Å². The Morgan fingerprint density at radius 3 is 2.71 bits per heavy atom. The van der Waals surface area contributed by atoms with Crippen LogP contribution < -0.4 is 5.73 Å². The van der Waals surface area contributed by atoms with Crippen molar-refractivity contribution in [1.82, 2.24) is 14.8 Å². The van der Waals surface area contributed by atoms with Gasteiger partial charge in [-0.25, -0.2) is 0 Å². The summed E-state index contributed by atoms with van der Waals surface area (Å²) in [5.41, 5.74) is 5.05. The smallest absolute Gasteiger partial charge is 0.227 e. The normalized spacial score (nSPS) is 10.4. The van der Waals surface area contributed by atoms with Crippen molar-refractivity contribution < 1.29 is 4.79 Å². The molecule has 1 rings (SSSR count). The van der Waals surface area contributed by atoms with Gasteiger partial charge in [0, 0.05) is 13.0 Å². The second kappa shape index (κ2) is 4.99. The van der Waals surface area contributed by atoms with Gasteiger partial charge in [-0.1, -0.05) is 18.7 Å². The quantitative estimate of drug-likeness (QED) is 0.722. The third kappa shape index (κ3) is 2.47. The summed E-state index contributed by atoms with van der Waals surface area (Å²) in [6.07, 6.45) is 0.845. The van der Waals surface area contributed by atoms with Crippen molar-refractivity contribution in [1.29, 1.82) is 0 Å². The van der Waals surface area contributed by atoms with Gasteiger partial charge in [-0.2, -0.15) is 0 Å². The lowest BCUT2D eigenvalue weighted by Gasteiger charge is -2.04. The Labute approximate surface area is 87.1 Å². The summed E-state index contributed by atoms with van der Waals surface area (Å²) in [5, 5.41) is 8.79. The number of aromatic nitrogens is 3. The van der Waals surface area contributed by atoms with Crippen molar-refractivity contribution in [2.75, 3.05) is 5.75 Å². The maximum atomic E-state index is 10.6. The second-order valence-corrected chi connectivity index (χ2v) is 3.69. The van der Waals surface area contributed by atoms with E-state index in [1.807, 2.05) is 18.4 Å². The second-order valence-electron chi connectivity index (χ2n) is 2.75. The minimum absolute atomic E-state index is 0.252. The highest BCUT2D eigenvalue weighted by Crippen LogP contribution is 2.16. The number of nitrogens with zero attached hydrogens (tertiary/aromatic N) is 3. The number of primary amides is 1. The molecule has 14 heavy (non-hydrogen) atoms. The number of hydrogen-bond acceptors (Lipinski definition) is 4. The average Bonchev–Trinajstić information content (AvgIpc) is 2.56. The molecule has 0 spiro atoms. The molecule has 78 valence electrons. The van der Waals surface area contributed by atoms with E-state index >= 15 is 0 Å². The van der Waals surface area contributed by atoms with Gasteiger partial charge in [0.15, 0.2) is 5.16 Å². The van der Waals surface area contributed by atoms with Crippen LogP contribution in [-0.2, 0) is 17.8 Å². The maximum Gasteiger partial charge on any atom is 0.227 e. The van der Waals surface area contributed by atoms with Gasteiger partial charge >= 0.3 is 0 Å². The first-order valence-electron chi connectivity index (χ1n) is 4.52. The van der Waals surface area contributed by atoms with Crippen LogP contribution in [0.3, 0.4) is 0 Å². The molecule has 0 fully saturated rings. The molecule has 0 aliphatic carbocycles. The van der Waals surface area contributed by atoms with E-state index in [0.717, 1.165) is 23.9 Å².